The summed E-state index contributed by atoms with van der Waals surface area (Å²) in [6, 6.07) is 5.15. The first-order valence-corrected chi connectivity index (χ1v) is 9.23. The second-order valence-electron chi connectivity index (χ2n) is 4.38. The largest absolute Gasteiger partial charge is 0.466 e. The van der Waals surface area contributed by atoms with E-state index < -0.39 is 0 Å². The standard InChI is InChI=1S/C14H16BrFO2S2/c1-2-18-13(17)5-6-14(19-7-8-20-14)11-4-3-10(15)9-12(11)16/h3-4,9H,2,5-8H2,1H3. The smallest absolute Gasteiger partial charge is 0.305 e. The number of esters is 1. The Bertz CT molecular complexity index is 490. The Balaban J connectivity index is 2.19. The summed E-state index contributed by atoms with van der Waals surface area (Å²) in [5.41, 5.74) is 0.678. The Morgan fingerprint density at radius 2 is 2.15 bits per heavy atom. The number of halogens is 2. The second-order valence-corrected chi connectivity index (χ2v) is 8.34. The zero-order valence-corrected chi connectivity index (χ0v) is 14.4. The molecule has 1 aromatic carbocycles. The van der Waals surface area contributed by atoms with Crippen LogP contribution in [0.25, 0.3) is 0 Å². The zero-order chi connectivity index (χ0) is 14.6. The Kier molecular flexibility index (Phi) is 5.81. The molecule has 110 valence electrons. The summed E-state index contributed by atoms with van der Waals surface area (Å²) in [7, 11) is 0. The monoisotopic (exact) mass is 378 g/mol. The Morgan fingerprint density at radius 3 is 2.75 bits per heavy atom. The maximum Gasteiger partial charge on any atom is 0.305 e. The number of rotatable bonds is 5. The lowest BCUT2D eigenvalue weighted by Gasteiger charge is -2.28. The van der Waals surface area contributed by atoms with Crippen molar-refractivity contribution < 1.29 is 13.9 Å². The maximum atomic E-state index is 14.2. The van der Waals surface area contributed by atoms with Crippen LogP contribution in [0.5, 0.6) is 0 Å². The Labute approximate surface area is 135 Å². The molecule has 0 radical (unpaired) electrons. The summed E-state index contributed by atoms with van der Waals surface area (Å²) in [5, 5.41) is 0. The Morgan fingerprint density at radius 1 is 1.45 bits per heavy atom. The van der Waals surface area contributed by atoms with Gasteiger partial charge in [0, 0.05) is 28.0 Å². The van der Waals surface area contributed by atoms with Crippen LogP contribution in [0.3, 0.4) is 0 Å². The maximum absolute atomic E-state index is 14.2. The van der Waals surface area contributed by atoms with Crippen LogP contribution < -0.4 is 0 Å². The molecule has 0 saturated carbocycles. The van der Waals surface area contributed by atoms with E-state index in [0.29, 0.717) is 25.0 Å². The first kappa shape index (κ1) is 16.2. The third kappa shape index (κ3) is 3.71. The molecule has 2 nitrogen and oxygen atoms in total. The first-order chi connectivity index (χ1) is 9.57. The molecule has 0 unspecified atom stereocenters. The summed E-state index contributed by atoms with van der Waals surface area (Å²) in [5.74, 6) is 1.52. The quantitative estimate of drug-likeness (QED) is 0.701. The van der Waals surface area contributed by atoms with Gasteiger partial charge in [-0.15, -0.1) is 23.5 Å². The molecule has 1 saturated heterocycles. The number of thioether (sulfide) groups is 2. The van der Waals surface area contributed by atoms with Gasteiger partial charge in [0.1, 0.15) is 5.82 Å². The molecule has 0 spiro atoms. The van der Waals surface area contributed by atoms with Crippen molar-refractivity contribution in [3.8, 4) is 0 Å². The molecular formula is C14H16BrFO2S2. The van der Waals surface area contributed by atoms with Crippen LogP contribution >= 0.6 is 39.5 Å². The van der Waals surface area contributed by atoms with E-state index >= 15 is 0 Å². The average molecular weight is 379 g/mol. The predicted octanol–water partition coefficient (Wildman–Crippen LogP) is 4.56. The van der Waals surface area contributed by atoms with E-state index in [1.54, 1.807) is 30.4 Å². The van der Waals surface area contributed by atoms with Crippen molar-refractivity contribution in [3.63, 3.8) is 0 Å². The van der Waals surface area contributed by atoms with Crippen LogP contribution in [0.15, 0.2) is 22.7 Å². The number of carbonyl (C=O) groups is 1. The number of hydrogen-bond donors (Lipinski definition) is 0. The minimum Gasteiger partial charge on any atom is -0.466 e. The van der Waals surface area contributed by atoms with Crippen LogP contribution in [0, 0.1) is 5.82 Å². The van der Waals surface area contributed by atoms with Gasteiger partial charge in [0.2, 0.25) is 0 Å². The minimum atomic E-state index is -0.364. The van der Waals surface area contributed by atoms with E-state index in [0.717, 1.165) is 16.0 Å². The third-order valence-corrected chi connectivity index (χ3v) is 7.11. The zero-order valence-electron chi connectivity index (χ0n) is 11.2. The first-order valence-electron chi connectivity index (χ1n) is 6.46. The van der Waals surface area contributed by atoms with Crippen molar-refractivity contribution >= 4 is 45.4 Å². The molecule has 6 heteroatoms. The molecule has 0 bridgehead atoms. The SMILES string of the molecule is CCOC(=O)CCC1(c2ccc(Br)cc2F)SCCS1. The van der Waals surface area contributed by atoms with Crippen molar-refractivity contribution in [2.45, 2.75) is 23.8 Å². The Hall–Kier alpha value is -0.200. The molecule has 2 rings (SSSR count). The van der Waals surface area contributed by atoms with Crippen LogP contribution in [-0.4, -0.2) is 24.1 Å². The van der Waals surface area contributed by atoms with Gasteiger partial charge in [-0.3, -0.25) is 4.79 Å². The van der Waals surface area contributed by atoms with Crippen molar-refractivity contribution in [2.24, 2.45) is 0 Å². The fraction of sp³-hybridized carbons (Fsp3) is 0.500. The van der Waals surface area contributed by atoms with Gasteiger partial charge in [-0.1, -0.05) is 22.0 Å². The normalized spacial score (nSPS) is 17.1. The van der Waals surface area contributed by atoms with Gasteiger partial charge in [0.15, 0.2) is 0 Å². The highest BCUT2D eigenvalue weighted by Crippen LogP contribution is 2.55. The van der Waals surface area contributed by atoms with Gasteiger partial charge < -0.3 is 4.74 Å². The lowest BCUT2D eigenvalue weighted by atomic mass is 10.1. The lowest BCUT2D eigenvalue weighted by molar-refractivity contribution is -0.143. The molecule has 1 aromatic rings. The van der Waals surface area contributed by atoms with E-state index in [2.05, 4.69) is 15.9 Å². The van der Waals surface area contributed by atoms with Gasteiger partial charge in [-0.05, 0) is 25.5 Å². The van der Waals surface area contributed by atoms with Crippen LogP contribution in [0.4, 0.5) is 4.39 Å². The minimum absolute atomic E-state index is 0.211. The number of hydrogen-bond acceptors (Lipinski definition) is 4. The topological polar surface area (TPSA) is 26.3 Å². The summed E-state index contributed by atoms with van der Waals surface area (Å²) < 4.78 is 19.6. The molecule has 1 aliphatic rings. The highest BCUT2D eigenvalue weighted by molar-refractivity contribution is 9.10. The fourth-order valence-electron chi connectivity index (χ4n) is 2.19. The summed E-state index contributed by atoms with van der Waals surface area (Å²) in [6.07, 6.45) is 0.920. The molecule has 1 fully saturated rings. The van der Waals surface area contributed by atoms with Crippen molar-refractivity contribution in [2.75, 3.05) is 18.1 Å². The van der Waals surface area contributed by atoms with E-state index in [4.69, 9.17) is 4.74 Å². The van der Waals surface area contributed by atoms with Gasteiger partial charge in [0.05, 0.1) is 10.7 Å². The average Bonchev–Trinajstić information content (AvgIpc) is 2.86. The van der Waals surface area contributed by atoms with Crippen molar-refractivity contribution in [1.29, 1.82) is 0 Å². The highest BCUT2D eigenvalue weighted by atomic mass is 79.9. The summed E-state index contributed by atoms with van der Waals surface area (Å²) in [6.45, 7) is 2.18. The molecule has 20 heavy (non-hydrogen) atoms. The highest BCUT2D eigenvalue weighted by Gasteiger charge is 2.39. The van der Waals surface area contributed by atoms with E-state index in [-0.39, 0.29) is 15.9 Å². The molecule has 0 aromatic heterocycles. The molecule has 1 heterocycles. The molecule has 0 aliphatic carbocycles. The second kappa shape index (κ2) is 7.18. The van der Waals surface area contributed by atoms with E-state index in [9.17, 15) is 9.18 Å². The molecule has 0 atom stereocenters. The van der Waals surface area contributed by atoms with Gasteiger partial charge in [-0.25, -0.2) is 4.39 Å². The number of ether oxygens (including phenoxy) is 1. The van der Waals surface area contributed by atoms with Crippen LogP contribution in [0.1, 0.15) is 25.3 Å². The number of benzene rings is 1. The fourth-order valence-corrected chi connectivity index (χ4v) is 5.81. The third-order valence-electron chi connectivity index (χ3n) is 3.06. The molecular weight excluding hydrogens is 363 g/mol. The number of carbonyl (C=O) groups excluding carboxylic acids is 1. The van der Waals surface area contributed by atoms with Crippen LogP contribution in [-0.2, 0) is 13.6 Å². The van der Waals surface area contributed by atoms with Gasteiger partial charge in [-0.2, -0.15) is 0 Å². The summed E-state index contributed by atoms with van der Waals surface area (Å²) in [4.78, 5) is 11.6. The van der Waals surface area contributed by atoms with Crippen molar-refractivity contribution in [1.82, 2.24) is 0 Å². The van der Waals surface area contributed by atoms with Crippen LogP contribution in [0.2, 0.25) is 0 Å². The molecule has 1 aliphatic heterocycles. The van der Waals surface area contributed by atoms with E-state index in [1.807, 2.05) is 12.1 Å². The molecule has 0 N–H and O–H groups in total. The lowest BCUT2D eigenvalue weighted by Crippen LogP contribution is -2.19. The summed E-state index contributed by atoms with van der Waals surface area (Å²) >= 11 is 6.72. The molecule has 0 amide bonds. The van der Waals surface area contributed by atoms with E-state index in [1.165, 1.54) is 6.07 Å². The van der Waals surface area contributed by atoms with Crippen molar-refractivity contribution in [3.05, 3.63) is 34.1 Å². The van der Waals surface area contributed by atoms with Gasteiger partial charge >= 0.3 is 5.97 Å². The predicted molar refractivity (Wildman–Crippen MR) is 86.6 cm³/mol. The van der Waals surface area contributed by atoms with Gasteiger partial charge in [0.25, 0.3) is 0 Å².